The number of carbonyl (C=O) groups is 1. The van der Waals surface area contributed by atoms with Crippen molar-refractivity contribution in [2.24, 2.45) is 7.05 Å². The molecule has 1 heterocycles. The minimum absolute atomic E-state index is 0.00570. The molecule has 1 aromatic carbocycles. The van der Waals surface area contributed by atoms with Gasteiger partial charge in [0.25, 0.3) is 5.56 Å². The number of benzene rings is 1. The number of amides is 1. The van der Waals surface area contributed by atoms with E-state index >= 15 is 0 Å². The van der Waals surface area contributed by atoms with Crippen molar-refractivity contribution in [2.75, 3.05) is 0 Å². The third-order valence-corrected chi connectivity index (χ3v) is 3.38. The van der Waals surface area contributed by atoms with Crippen LogP contribution in [0.3, 0.4) is 0 Å². The third kappa shape index (κ3) is 3.71. The monoisotopic (exact) mass is 323 g/mol. The fourth-order valence-corrected chi connectivity index (χ4v) is 2.10. The van der Waals surface area contributed by atoms with Crippen molar-refractivity contribution in [3.63, 3.8) is 0 Å². The van der Waals surface area contributed by atoms with E-state index in [2.05, 4.69) is 5.32 Å². The lowest BCUT2D eigenvalue weighted by atomic mass is 10.1. The fourth-order valence-electron chi connectivity index (χ4n) is 2.10. The molecule has 0 aliphatic rings. The van der Waals surface area contributed by atoms with E-state index in [1.54, 1.807) is 0 Å². The second kappa shape index (κ2) is 6.55. The molecule has 1 amide bonds. The van der Waals surface area contributed by atoms with Gasteiger partial charge in [0.1, 0.15) is 18.2 Å². The predicted molar refractivity (Wildman–Crippen MR) is 78.9 cm³/mol. The maximum Gasteiger partial charge on any atom is 0.331 e. The molecule has 0 radical (unpaired) electrons. The van der Waals surface area contributed by atoms with Gasteiger partial charge in [-0.2, -0.15) is 0 Å². The van der Waals surface area contributed by atoms with E-state index < -0.39 is 34.8 Å². The number of halogens is 2. The standard InChI is InChI=1S/C15H15F2N3O3/c1-9(11-7-10(16)3-4-12(11)17)18-13(21)8-20-6-5-14(22)19(2)15(20)23/h3-7,9H,8H2,1-2H3,(H,18,21)/t9-/m0/s1. The SMILES string of the molecule is C[C@H](NC(=O)Cn1ccc(=O)n(C)c1=O)c1cc(F)ccc1F. The van der Waals surface area contributed by atoms with E-state index in [1.165, 1.54) is 20.2 Å². The number of nitrogens with zero attached hydrogens (tertiary/aromatic N) is 2. The Bertz CT molecular complexity index is 858. The zero-order valence-electron chi connectivity index (χ0n) is 12.5. The Hall–Kier alpha value is -2.77. The van der Waals surface area contributed by atoms with Crippen molar-refractivity contribution in [1.82, 2.24) is 14.5 Å². The Kier molecular flexibility index (Phi) is 4.73. The van der Waals surface area contributed by atoms with Gasteiger partial charge < -0.3 is 5.32 Å². The smallest absolute Gasteiger partial charge is 0.331 e. The van der Waals surface area contributed by atoms with Crippen LogP contribution in [0.1, 0.15) is 18.5 Å². The molecule has 1 atom stereocenters. The molecule has 0 unspecified atom stereocenters. The highest BCUT2D eigenvalue weighted by atomic mass is 19.1. The first-order valence-corrected chi connectivity index (χ1v) is 6.80. The highest BCUT2D eigenvalue weighted by Crippen LogP contribution is 2.17. The Labute approximate surface area is 130 Å². The molecule has 2 rings (SSSR count). The van der Waals surface area contributed by atoms with Crippen LogP contribution < -0.4 is 16.6 Å². The van der Waals surface area contributed by atoms with Gasteiger partial charge in [0.2, 0.25) is 5.91 Å². The molecule has 0 spiro atoms. The van der Waals surface area contributed by atoms with Crippen molar-refractivity contribution >= 4 is 5.91 Å². The lowest BCUT2D eigenvalue weighted by Gasteiger charge is -2.16. The summed E-state index contributed by atoms with van der Waals surface area (Å²) < 4.78 is 28.7. The summed E-state index contributed by atoms with van der Waals surface area (Å²) in [4.78, 5) is 35.1. The van der Waals surface area contributed by atoms with Gasteiger partial charge in [-0.15, -0.1) is 0 Å². The van der Waals surface area contributed by atoms with Gasteiger partial charge in [-0.25, -0.2) is 13.6 Å². The average Bonchev–Trinajstić information content (AvgIpc) is 2.50. The quantitative estimate of drug-likeness (QED) is 0.900. The van der Waals surface area contributed by atoms with Crippen molar-refractivity contribution in [3.8, 4) is 0 Å². The first kappa shape index (κ1) is 16.6. The molecule has 8 heteroatoms. The molecule has 0 saturated heterocycles. The molecule has 0 fully saturated rings. The zero-order valence-corrected chi connectivity index (χ0v) is 12.5. The third-order valence-electron chi connectivity index (χ3n) is 3.38. The predicted octanol–water partition coefficient (Wildman–Crippen LogP) is 0.703. The van der Waals surface area contributed by atoms with Gasteiger partial charge in [-0.1, -0.05) is 0 Å². The van der Waals surface area contributed by atoms with Crippen LogP contribution in [0, 0.1) is 11.6 Å². The second-order valence-electron chi connectivity index (χ2n) is 5.08. The molecule has 1 N–H and O–H groups in total. The van der Waals surface area contributed by atoms with Gasteiger partial charge in [-0.05, 0) is 25.1 Å². The van der Waals surface area contributed by atoms with Gasteiger partial charge in [-0.3, -0.25) is 18.7 Å². The number of rotatable bonds is 4. The van der Waals surface area contributed by atoms with Gasteiger partial charge in [0.05, 0.1) is 6.04 Å². The summed E-state index contributed by atoms with van der Waals surface area (Å²) in [7, 11) is 1.30. The molecular formula is C15H15F2N3O3. The Morgan fingerprint density at radius 2 is 1.96 bits per heavy atom. The molecule has 0 aliphatic heterocycles. The number of hydrogen-bond donors (Lipinski definition) is 1. The zero-order chi connectivity index (χ0) is 17.1. The summed E-state index contributed by atoms with van der Waals surface area (Å²) in [6.45, 7) is 1.16. The topological polar surface area (TPSA) is 73.1 Å². The molecule has 6 nitrogen and oxygen atoms in total. The number of nitrogens with one attached hydrogen (secondary N) is 1. The largest absolute Gasteiger partial charge is 0.348 e. The van der Waals surface area contributed by atoms with Crippen LogP contribution in [0.15, 0.2) is 40.1 Å². The van der Waals surface area contributed by atoms with E-state index in [4.69, 9.17) is 0 Å². The van der Waals surface area contributed by atoms with Crippen molar-refractivity contribution in [2.45, 2.75) is 19.5 Å². The minimum atomic E-state index is -0.776. The maximum absolute atomic E-state index is 13.6. The summed E-state index contributed by atoms with van der Waals surface area (Å²) in [5.41, 5.74) is -1.12. The highest BCUT2D eigenvalue weighted by molar-refractivity contribution is 5.76. The van der Waals surface area contributed by atoms with Crippen LogP contribution in [-0.4, -0.2) is 15.0 Å². The normalized spacial score (nSPS) is 12.0. The summed E-state index contributed by atoms with van der Waals surface area (Å²) in [6, 6.07) is 3.34. The average molecular weight is 323 g/mol. The first-order chi connectivity index (χ1) is 10.8. The molecule has 23 heavy (non-hydrogen) atoms. The summed E-state index contributed by atoms with van der Waals surface area (Å²) in [5, 5.41) is 2.48. The van der Waals surface area contributed by atoms with Crippen LogP contribution in [0.4, 0.5) is 8.78 Å². The molecular weight excluding hydrogens is 308 g/mol. The Morgan fingerprint density at radius 3 is 2.65 bits per heavy atom. The highest BCUT2D eigenvalue weighted by Gasteiger charge is 2.15. The lowest BCUT2D eigenvalue weighted by Crippen LogP contribution is -2.40. The molecule has 0 saturated carbocycles. The van der Waals surface area contributed by atoms with Crippen LogP contribution in [-0.2, 0) is 18.4 Å². The van der Waals surface area contributed by atoms with Crippen LogP contribution >= 0.6 is 0 Å². The van der Waals surface area contributed by atoms with E-state index in [0.29, 0.717) is 0 Å². The number of carbonyl (C=O) groups excluding carboxylic acids is 1. The van der Waals surface area contributed by atoms with E-state index in [9.17, 15) is 23.2 Å². The second-order valence-corrected chi connectivity index (χ2v) is 5.08. The number of aromatic nitrogens is 2. The molecule has 122 valence electrons. The van der Waals surface area contributed by atoms with Crippen LogP contribution in [0.2, 0.25) is 0 Å². The molecule has 0 aliphatic carbocycles. The molecule has 1 aromatic heterocycles. The van der Waals surface area contributed by atoms with E-state index in [-0.39, 0.29) is 12.1 Å². The first-order valence-electron chi connectivity index (χ1n) is 6.80. The van der Waals surface area contributed by atoms with Crippen LogP contribution in [0.25, 0.3) is 0 Å². The van der Waals surface area contributed by atoms with Crippen molar-refractivity contribution < 1.29 is 13.6 Å². The van der Waals surface area contributed by atoms with E-state index in [1.807, 2.05) is 0 Å². The van der Waals surface area contributed by atoms with Crippen molar-refractivity contribution in [3.05, 3.63) is 68.5 Å². The lowest BCUT2D eigenvalue weighted by molar-refractivity contribution is -0.122. The van der Waals surface area contributed by atoms with Gasteiger partial charge in [0.15, 0.2) is 0 Å². The Balaban J connectivity index is 2.14. The number of hydrogen-bond acceptors (Lipinski definition) is 3. The summed E-state index contributed by atoms with van der Waals surface area (Å²) in [6.07, 6.45) is 1.21. The minimum Gasteiger partial charge on any atom is -0.348 e. The van der Waals surface area contributed by atoms with Gasteiger partial charge in [0, 0.05) is 24.9 Å². The molecule has 0 bridgehead atoms. The summed E-state index contributed by atoms with van der Waals surface area (Å²) >= 11 is 0. The summed E-state index contributed by atoms with van der Waals surface area (Å²) in [5.74, 6) is -1.82. The van der Waals surface area contributed by atoms with Gasteiger partial charge >= 0.3 is 5.69 Å². The van der Waals surface area contributed by atoms with E-state index in [0.717, 1.165) is 33.4 Å². The Morgan fingerprint density at radius 1 is 1.26 bits per heavy atom. The fraction of sp³-hybridized carbons (Fsp3) is 0.267. The maximum atomic E-state index is 13.6. The van der Waals surface area contributed by atoms with Crippen molar-refractivity contribution in [1.29, 1.82) is 0 Å². The van der Waals surface area contributed by atoms with Crippen LogP contribution in [0.5, 0.6) is 0 Å². The molecule has 2 aromatic rings.